The largest absolute Gasteiger partial charge is 0.497 e. The number of amides is 1. The lowest BCUT2D eigenvalue weighted by Gasteiger charge is -2.10. The van der Waals surface area contributed by atoms with E-state index in [0.717, 1.165) is 11.4 Å². The van der Waals surface area contributed by atoms with Gasteiger partial charge < -0.3 is 14.2 Å². The van der Waals surface area contributed by atoms with Gasteiger partial charge in [-0.05, 0) is 55.0 Å². The molecule has 3 aromatic rings. The third-order valence-corrected chi connectivity index (χ3v) is 5.31. The molecule has 0 aliphatic carbocycles. The van der Waals surface area contributed by atoms with Crippen LogP contribution in [-0.2, 0) is 4.79 Å². The fourth-order valence-electron chi connectivity index (χ4n) is 2.60. The Bertz CT molecular complexity index is 1150. The number of carbonyl (C=O) groups is 1. The molecular weight excluding hydrogens is 450 g/mol. The summed E-state index contributed by atoms with van der Waals surface area (Å²) < 4.78 is 16.4. The van der Waals surface area contributed by atoms with Gasteiger partial charge >= 0.3 is 0 Å². The van der Waals surface area contributed by atoms with Crippen molar-refractivity contribution in [3.05, 3.63) is 69.7 Å². The molecule has 1 aromatic heterocycles. The molecule has 2 aromatic carbocycles. The summed E-state index contributed by atoms with van der Waals surface area (Å²) in [5, 5.41) is 14.6. The van der Waals surface area contributed by atoms with Crippen LogP contribution in [0.4, 0.5) is 5.13 Å². The summed E-state index contributed by atoms with van der Waals surface area (Å²) in [4.78, 5) is 16.5. The summed E-state index contributed by atoms with van der Waals surface area (Å²) in [7, 11) is 1.60. The third-order valence-electron chi connectivity index (χ3n) is 4.14. The number of halogens is 1. The maximum atomic E-state index is 12.3. The van der Waals surface area contributed by atoms with E-state index in [0.29, 0.717) is 40.4 Å². The van der Waals surface area contributed by atoms with Crippen molar-refractivity contribution in [2.75, 3.05) is 25.6 Å². The van der Waals surface area contributed by atoms with Crippen molar-refractivity contribution < 1.29 is 19.0 Å². The normalized spacial score (nSPS) is 10.9. The summed E-state index contributed by atoms with van der Waals surface area (Å²) in [5.74, 6) is 1.40. The number of hydrogen-bond acceptors (Lipinski definition) is 7. The number of aromatic nitrogens is 1. The van der Waals surface area contributed by atoms with Gasteiger partial charge in [0.2, 0.25) is 0 Å². The Morgan fingerprint density at radius 3 is 2.53 bits per heavy atom. The molecule has 0 fully saturated rings. The van der Waals surface area contributed by atoms with Crippen molar-refractivity contribution in [3.63, 3.8) is 0 Å². The number of hydrogen-bond donors (Lipinski definition) is 1. The average molecular weight is 470 g/mol. The van der Waals surface area contributed by atoms with Crippen LogP contribution < -0.4 is 19.5 Å². The van der Waals surface area contributed by atoms with Crippen LogP contribution in [0.3, 0.4) is 0 Å². The lowest BCUT2D eigenvalue weighted by atomic mass is 10.1. The van der Waals surface area contributed by atoms with Crippen molar-refractivity contribution in [2.24, 2.45) is 0 Å². The average Bonchev–Trinajstić information content (AvgIpc) is 3.20. The van der Waals surface area contributed by atoms with Gasteiger partial charge in [-0.2, -0.15) is 5.26 Å². The molecule has 0 aliphatic heterocycles. The second-order valence-electron chi connectivity index (χ2n) is 6.48. The fourth-order valence-corrected chi connectivity index (χ4v) is 3.52. The molecule has 0 unspecified atom stereocenters. The van der Waals surface area contributed by atoms with Crippen molar-refractivity contribution in [1.82, 2.24) is 4.98 Å². The highest BCUT2D eigenvalue weighted by atomic mass is 35.5. The summed E-state index contributed by atoms with van der Waals surface area (Å²) >= 11 is 7.59. The Hall–Kier alpha value is -3.54. The number of nitrogens with one attached hydrogen (secondary N) is 1. The predicted octanol–water partition coefficient (Wildman–Crippen LogP) is 5.12. The second-order valence-corrected chi connectivity index (χ2v) is 7.75. The smallest absolute Gasteiger partial charge is 0.268 e. The molecule has 0 radical (unpaired) electrons. The van der Waals surface area contributed by atoms with Gasteiger partial charge in [0.15, 0.2) is 5.13 Å². The first kappa shape index (κ1) is 23.1. The van der Waals surface area contributed by atoms with Crippen LogP contribution in [0.2, 0.25) is 5.02 Å². The van der Waals surface area contributed by atoms with E-state index in [4.69, 9.17) is 25.8 Å². The van der Waals surface area contributed by atoms with Crippen LogP contribution >= 0.6 is 22.9 Å². The number of anilines is 1. The van der Waals surface area contributed by atoms with Gasteiger partial charge in [0, 0.05) is 5.38 Å². The number of rotatable bonds is 9. The molecule has 1 N–H and O–H groups in total. The molecule has 3 rings (SSSR count). The van der Waals surface area contributed by atoms with Gasteiger partial charge in [0.25, 0.3) is 5.91 Å². The first-order chi connectivity index (χ1) is 15.5. The Balaban J connectivity index is 1.55. The van der Waals surface area contributed by atoms with E-state index < -0.39 is 5.91 Å². The molecule has 0 saturated heterocycles. The van der Waals surface area contributed by atoms with Gasteiger partial charge in [-0.3, -0.25) is 10.1 Å². The minimum Gasteiger partial charge on any atom is -0.497 e. The van der Waals surface area contributed by atoms with Crippen LogP contribution in [0.1, 0.15) is 11.3 Å². The third kappa shape index (κ3) is 6.48. The zero-order valence-electron chi connectivity index (χ0n) is 17.4. The van der Waals surface area contributed by atoms with E-state index in [1.165, 1.54) is 17.4 Å². The molecule has 0 spiro atoms. The van der Waals surface area contributed by atoms with Gasteiger partial charge in [-0.25, -0.2) is 4.98 Å². The van der Waals surface area contributed by atoms with Crippen LogP contribution in [0.15, 0.2) is 53.4 Å². The van der Waals surface area contributed by atoms with Gasteiger partial charge in [-0.15, -0.1) is 11.3 Å². The van der Waals surface area contributed by atoms with Crippen LogP contribution in [0.25, 0.3) is 6.08 Å². The SMILES string of the molecule is COc1ccc(OCCOc2ccc(/C=C(/C#N)C(=O)Nc3nc(C)cs3)cc2Cl)cc1. The van der Waals surface area contributed by atoms with E-state index in [1.807, 2.05) is 42.6 Å². The van der Waals surface area contributed by atoms with Crippen LogP contribution in [0.5, 0.6) is 17.2 Å². The number of thiazole rings is 1. The number of benzene rings is 2. The Kier molecular flexibility index (Phi) is 8.08. The number of aryl methyl sites for hydroxylation is 1. The van der Waals surface area contributed by atoms with E-state index in [2.05, 4.69) is 10.3 Å². The Morgan fingerprint density at radius 1 is 1.19 bits per heavy atom. The molecule has 1 heterocycles. The first-order valence-electron chi connectivity index (χ1n) is 9.53. The van der Waals surface area contributed by atoms with Crippen LogP contribution in [-0.4, -0.2) is 31.2 Å². The fraction of sp³-hybridized carbons (Fsp3) is 0.174. The molecule has 7 nitrogen and oxygen atoms in total. The molecule has 1 amide bonds. The highest BCUT2D eigenvalue weighted by Gasteiger charge is 2.12. The predicted molar refractivity (Wildman–Crippen MR) is 125 cm³/mol. The van der Waals surface area contributed by atoms with E-state index in [9.17, 15) is 10.1 Å². The number of nitrogens with zero attached hydrogens (tertiary/aromatic N) is 2. The summed E-state index contributed by atoms with van der Waals surface area (Å²) in [6.45, 7) is 2.45. The lowest BCUT2D eigenvalue weighted by Crippen LogP contribution is -2.13. The van der Waals surface area contributed by atoms with Gasteiger partial charge in [0.05, 0.1) is 17.8 Å². The Morgan fingerprint density at radius 2 is 1.91 bits per heavy atom. The minimum absolute atomic E-state index is 0.0597. The van der Waals surface area contributed by atoms with Crippen molar-refractivity contribution in [3.8, 4) is 23.3 Å². The molecule has 32 heavy (non-hydrogen) atoms. The van der Waals surface area contributed by atoms with E-state index in [-0.39, 0.29) is 5.57 Å². The molecule has 0 saturated carbocycles. The lowest BCUT2D eigenvalue weighted by molar-refractivity contribution is -0.112. The van der Waals surface area contributed by atoms with Gasteiger partial charge in [-0.1, -0.05) is 17.7 Å². The zero-order chi connectivity index (χ0) is 22.9. The number of methoxy groups -OCH3 is 1. The molecule has 0 bridgehead atoms. The molecule has 9 heteroatoms. The summed E-state index contributed by atoms with van der Waals surface area (Å²) in [6, 6.07) is 14.2. The van der Waals surface area contributed by atoms with E-state index >= 15 is 0 Å². The first-order valence-corrected chi connectivity index (χ1v) is 10.8. The Labute approximate surface area is 194 Å². The maximum Gasteiger partial charge on any atom is 0.268 e. The highest BCUT2D eigenvalue weighted by Crippen LogP contribution is 2.27. The molecule has 164 valence electrons. The monoisotopic (exact) mass is 469 g/mol. The van der Waals surface area contributed by atoms with E-state index in [1.54, 1.807) is 25.3 Å². The number of ether oxygens (including phenoxy) is 3. The van der Waals surface area contributed by atoms with Crippen molar-refractivity contribution >= 4 is 40.1 Å². The summed E-state index contributed by atoms with van der Waals surface area (Å²) in [5.41, 5.74) is 1.33. The molecule has 0 aliphatic rings. The van der Waals surface area contributed by atoms with Crippen molar-refractivity contribution in [2.45, 2.75) is 6.92 Å². The number of nitriles is 1. The zero-order valence-corrected chi connectivity index (χ0v) is 19.0. The van der Waals surface area contributed by atoms with Crippen molar-refractivity contribution in [1.29, 1.82) is 5.26 Å². The maximum absolute atomic E-state index is 12.3. The second kappa shape index (κ2) is 11.2. The van der Waals surface area contributed by atoms with Crippen LogP contribution in [0, 0.1) is 18.3 Å². The molecular formula is C23H20ClN3O4S. The quantitative estimate of drug-likeness (QED) is 0.265. The number of carbonyl (C=O) groups excluding carboxylic acids is 1. The summed E-state index contributed by atoms with van der Waals surface area (Å²) in [6.07, 6.45) is 1.46. The van der Waals surface area contributed by atoms with Gasteiger partial charge in [0.1, 0.15) is 42.1 Å². The molecule has 0 atom stereocenters. The topological polar surface area (TPSA) is 93.5 Å². The highest BCUT2D eigenvalue weighted by molar-refractivity contribution is 7.13. The standard InChI is InChI=1S/C23H20ClN3O4S/c1-15-14-32-23(26-15)27-22(28)17(13-25)11-16-3-8-21(20(24)12-16)31-10-9-30-19-6-4-18(29-2)5-7-19/h3-8,11-12,14H,9-10H2,1-2H3,(H,26,27,28)/b17-11-. The minimum atomic E-state index is -0.533.